The number of aliphatic hydroxyl groups is 1. The van der Waals surface area contributed by atoms with Gasteiger partial charge < -0.3 is 5.11 Å². The summed E-state index contributed by atoms with van der Waals surface area (Å²) in [6.45, 7) is 7.66. The Labute approximate surface area is 109 Å². The Morgan fingerprint density at radius 3 is 2.67 bits per heavy atom. The fourth-order valence-electron chi connectivity index (χ4n) is 2.54. The fourth-order valence-corrected chi connectivity index (χ4v) is 2.54. The van der Waals surface area contributed by atoms with Gasteiger partial charge in [0.25, 0.3) is 0 Å². The minimum Gasteiger partial charge on any atom is -0.395 e. The quantitative estimate of drug-likeness (QED) is 0.844. The summed E-state index contributed by atoms with van der Waals surface area (Å²) in [7, 11) is 0. The van der Waals surface area contributed by atoms with Gasteiger partial charge in [0.15, 0.2) is 0 Å². The second-order valence-corrected chi connectivity index (χ2v) is 4.92. The predicted octanol–water partition coefficient (Wildman–Crippen LogP) is 0.970. The number of hydrogen-bond acceptors (Lipinski definition) is 4. The molecule has 1 unspecified atom stereocenters. The maximum Gasteiger partial charge on any atom is 0.0586 e. The molecule has 4 heteroatoms. The van der Waals surface area contributed by atoms with Gasteiger partial charge in [-0.25, -0.2) is 0 Å². The maximum atomic E-state index is 9.32. The van der Waals surface area contributed by atoms with Crippen LogP contribution in [0, 0.1) is 0 Å². The summed E-state index contributed by atoms with van der Waals surface area (Å²) in [5.41, 5.74) is 1.28. The van der Waals surface area contributed by atoms with Gasteiger partial charge in [-0.3, -0.25) is 14.8 Å². The van der Waals surface area contributed by atoms with Crippen LogP contribution in [0.3, 0.4) is 0 Å². The Balaban J connectivity index is 1.80. The van der Waals surface area contributed by atoms with Crippen molar-refractivity contribution in [3.63, 3.8) is 0 Å². The van der Waals surface area contributed by atoms with Crippen LogP contribution >= 0.6 is 0 Å². The summed E-state index contributed by atoms with van der Waals surface area (Å²) < 4.78 is 0. The first-order chi connectivity index (χ1) is 8.83. The second kappa shape index (κ2) is 6.83. The van der Waals surface area contributed by atoms with Crippen LogP contribution in [-0.2, 0) is 6.54 Å². The Hall–Kier alpha value is -0.970. The van der Waals surface area contributed by atoms with Gasteiger partial charge in [-0.1, -0.05) is 13.0 Å². The molecule has 1 atom stereocenters. The number of aliphatic hydroxyl groups excluding tert-OH is 1. The molecule has 2 heterocycles. The third kappa shape index (κ3) is 3.51. The van der Waals surface area contributed by atoms with Crippen LogP contribution in [0.4, 0.5) is 0 Å². The van der Waals surface area contributed by atoms with Crippen LogP contribution in [-0.4, -0.2) is 58.7 Å². The van der Waals surface area contributed by atoms with Gasteiger partial charge >= 0.3 is 0 Å². The smallest absolute Gasteiger partial charge is 0.0586 e. The molecule has 4 nitrogen and oxygen atoms in total. The number of pyridine rings is 1. The first-order valence-corrected chi connectivity index (χ1v) is 6.79. The predicted molar refractivity (Wildman–Crippen MR) is 72.3 cm³/mol. The van der Waals surface area contributed by atoms with Crippen molar-refractivity contribution in [1.29, 1.82) is 0 Å². The van der Waals surface area contributed by atoms with E-state index in [1.54, 1.807) is 0 Å². The third-order valence-corrected chi connectivity index (χ3v) is 3.73. The van der Waals surface area contributed by atoms with Crippen molar-refractivity contribution in [2.24, 2.45) is 0 Å². The fraction of sp³-hybridized carbons (Fsp3) is 0.643. The van der Waals surface area contributed by atoms with E-state index in [4.69, 9.17) is 0 Å². The van der Waals surface area contributed by atoms with E-state index in [0.717, 1.165) is 39.1 Å². The highest BCUT2D eigenvalue weighted by Gasteiger charge is 2.21. The highest BCUT2D eigenvalue weighted by molar-refractivity contribution is 5.08. The van der Waals surface area contributed by atoms with E-state index in [2.05, 4.69) is 27.8 Å². The molecule has 1 saturated heterocycles. The van der Waals surface area contributed by atoms with Crippen LogP contribution in [0.1, 0.15) is 18.9 Å². The highest BCUT2D eigenvalue weighted by atomic mass is 16.3. The summed E-state index contributed by atoms with van der Waals surface area (Å²) in [5.74, 6) is 0. The van der Waals surface area contributed by atoms with Gasteiger partial charge in [-0.2, -0.15) is 0 Å². The number of rotatable bonds is 5. The van der Waals surface area contributed by atoms with Gasteiger partial charge in [0.05, 0.1) is 6.61 Å². The van der Waals surface area contributed by atoms with E-state index in [1.807, 2.05) is 18.5 Å². The van der Waals surface area contributed by atoms with Crippen LogP contribution in [0.5, 0.6) is 0 Å². The van der Waals surface area contributed by atoms with Crippen molar-refractivity contribution >= 4 is 0 Å². The van der Waals surface area contributed by atoms with E-state index in [9.17, 15) is 5.11 Å². The summed E-state index contributed by atoms with van der Waals surface area (Å²) >= 11 is 0. The SMILES string of the molecule is CCC(CO)N1CCN(Cc2cccnc2)CC1. The van der Waals surface area contributed by atoms with Crippen LogP contribution < -0.4 is 0 Å². The molecule has 0 aromatic carbocycles. The summed E-state index contributed by atoms with van der Waals surface area (Å²) in [4.78, 5) is 9.01. The summed E-state index contributed by atoms with van der Waals surface area (Å²) in [6, 6.07) is 4.46. The molecule has 2 rings (SSSR count). The molecular weight excluding hydrogens is 226 g/mol. The molecule has 1 N–H and O–H groups in total. The molecule has 0 spiro atoms. The number of piperazine rings is 1. The number of nitrogens with zero attached hydrogens (tertiary/aromatic N) is 3. The molecule has 18 heavy (non-hydrogen) atoms. The first kappa shape index (κ1) is 13.5. The average molecular weight is 249 g/mol. The van der Waals surface area contributed by atoms with Crippen molar-refractivity contribution in [1.82, 2.24) is 14.8 Å². The molecule has 1 aliphatic rings. The van der Waals surface area contributed by atoms with E-state index in [-0.39, 0.29) is 6.61 Å². The lowest BCUT2D eigenvalue weighted by Crippen LogP contribution is -2.50. The van der Waals surface area contributed by atoms with Crippen molar-refractivity contribution in [2.75, 3.05) is 32.8 Å². The van der Waals surface area contributed by atoms with E-state index >= 15 is 0 Å². The zero-order valence-electron chi connectivity index (χ0n) is 11.1. The molecule has 1 fully saturated rings. The Morgan fingerprint density at radius 1 is 1.33 bits per heavy atom. The lowest BCUT2D eigenvalue weighted by atomic mass is 10.1. The summed E-state index contributed by atoms with van der Waals surface area (Å²) in [6.07, 6.45) is 4.78. The van der Waals surface area contributed by atoms with Crippen molar-refractivity contribution < 1.29 is 5.11 Å². The average Bonchev–Trinajstić information content (AvgIpc) is 2.43. The number of aromatic nitrogens is 1. The molecule has 1 aliphatic heterocycles. The zero-order valence-corrected chi connectivity index (χ0v) is 11.1. The van der Waals surface area contributed by atoms with Crippen molar-refractivity contribution in [3.8, 4) is 0 Å². The molecule has 100 valence electrons. The van der Waals surface area contributed by atoms with E-state index in [0.29, 0.717) is 6.04 Å². The Bertz CT molecular complexity index is 332. The molecular formula is C14H23N3O. The van der Waals surface area contributed by atoms with Crippen molar-refractivity contribution in [3.05, 3.63) is 30.1 Å². The van der Waals surface area contributed by atoms with Gasteiger partial charge in [-0.05, 0) is 18.1 Å². The Morgan fingerprint density at radius 2 is 2.11 bits per heavy atom. The lowest BCUT2D eigenvalue weighted by Gasteiger charge is -2.38. The van der Waals surface area contributed by atoms with Crippen LogP contribution in [0.25, 0.3) is 0 Å². The normalized spacial score (nSPS) is 19.9. The second-order valence-electron chi connectivity index (χ2n) is 4.92. The van der Waals surface area contributed by atoms with Crippen LogP contribution in [0.15, 0.2) is 24.5 Å². The van der Waals surface area contributed by atoms with Crippen LogP contribution in [0.2, 0.25) is 0 Å². The molecule has 0 saturated carbocycles. The minimum absolute atomic E-state index is 0.277. The maximum absolute atomic E-state index is 9.32. The van der Waals surface area contributed by atoms with E-state index < -0.39 is 0 Å². The van der Waals surface area contributed by atoms with Gasteiger partial charge in [0.2, 0.25) is 0 Å². The monoisotopic (exact) mass is 249 g/mol. The largest absolute Gasteiger partial charge is 0.395 e. The van der Waals surface area contributed by atoms with Gasteiger partial charge in [-0.15, -0.1) is 0 Å². The lowest BCUT2D eigenvalue weighted by molar-refractivity contribution is 0.0608. The Kier molecular flexibility index (Phi) is 5.11. The minimum atomic E-state index is 0.277. The highest BCUT2D eigenvalue weighted by Crippen LogP contribution is 2.11. The molecule has 0 amide bonds. The van der Waals surface area contributed by atoms with E-state index in [1.165, 1.54) is 5.56 Å². The topological polar surface area (TPSA) is 39.6 Å². The number of hydrogen-bond donors (Lipinski definition) is 1. The molecule has 0 bridgehead atoms. The first-order valence-electron chi connectivity index (χ1n) is 6.79. The van der Waals surface area contributed by atoms with Gasteiger partial charge in [0.1, 0.15) is 0 Å². The molecule has 1 aromatic heterocycles. The standard InChI is InChI=1S/C14H23N3O/c1-2-14(12-18)17-8-6-16(7-9-17)11-13-4-3-5-15-10-13/h3-5,10,14,18H,2,6-9,11-12H2,1H3. The molecule has 0 radical (unpaired) electrons. The summed E-state index contributed by atoms with van der Waals surface area (Å²) in [5, 5.41) is 9.32. The van der Waals surface area contributed by atoms with Gasteiger partial charge in [0, 0.05) is 51.2 Å². The van der Waals surface area contributed by atoms with Crippen molar-refractivity contribution in [2.45, 2.75) is 25.9 Å². The third-order valence-electron chi connectivity index (χ3n) is 3.73. The molecule has 0 aliphatic carbocycles. The zero-order chi connectivity index (χ0) is 12.8. The molecule has 1 aromatic rings.